The van der Waals surface area contributed by atoms with E-state index in [0.717, 1.165) is 12.8 Å². The van der Waals surface area contributed by atoms with Crippen molar-refractivity contribution in [3.8, 4) is 0 Å². The summed E-state index contributed by atoms with van der Waals surface area (Å²) in [6, 6.07) is -10.6. The molecular weight excluding hydrogens is 1130 g/mol. The van der Waals surface area contributed by atoms with Crippen molar-refractivity contribution in [3.05, 3.63) is 18.2 Å². The van der Waals surface area contributed by atoms with Crippen LogP contribution in [0.3, 0.4) is 0 Å². The third-order valence-corrected chi connectivity index (χ3v) is 13.3. The van der Waals surface area contributed by atoms with Crippen molar-refractivity contribution < 1.29 is 72.5 Å². The standard InChI is InChI=1S/C53H92N18O15/c1-29(2)17-35(47(80)61-23-43(76)59-22-42(75)60-24-44(77)66-38(26-72)50(83)67-34(12-7-9-15-55)49(82)64-31(5)11-6-8-14-54)69-52(85)40-13-10-16-71(40)53(86)37(18-30(3)4)65-45(78)25-62-48(81)36(20-41(57)74)68-51(84)39(27-73)70-46(79)33(56)19-32-21-58-28-63-32/h21,28-31,33-40,72-73H,6-20,22-27,54-56H2,1-5H3,(H2,57,74)(H,58,63)(H,59,76)(H,60,75)(H,61,80)(H,62,81)(H,64,82)(H,65,78)(H,66,77)(H,67,83)(H,68,84)(H,69,85)(H,70,79)/t31-,33+,34+,35+,36+,37+,38+,39+,40+/m1/s1. The lowest BCUT2D eigenvalue weighted by atomic mass is 10.0. The van der Waals surface area contributed by atoms with Gasteiger partial charge in [0.15, 0.2) is 0 Å². The highest BCUT2D eigenvalue weighted by molar-refractivity contribution is 5.99. The number of H-pyrrole nitrogens is 1. The quantitative estimate of drug-likeness (QED) is 0.0271. The van der Waals surface area contributed by atoms with Gasteiger partial charge in [0.05, 0.1) is 58.2 Å². The van der Waals surface area contributed by atoms with Crippen molar-refractivity contribution in [1.82, 2.24) is 73.4 Å². The number of aromatic amines is 1. The van der Waals surface area contributed by atoms with Gasteiger partial charge in [0.25, 0.3) is 0 Å². The van der Waals surface area contributed by atoms with Crippen molar-refractivity contribution in [2.75, 3.05) is 59.0 Å². The van der Waals surface area contributed by atoms with E-state index in [0.29, 0.717) is 44.5 Å². The maximum Gasteiger partial charge on any atom is 0.245 e. The molecule has 33 heteroatoms. The number of rotatable bonds is 41. The van der Waals surface area contributed by atoms with E-state index in [1.165, 1.54) is 17.4 Å². The van der Waals surface area contributed by atoms with Crippen LogP contribution in [-0.2, 0) is 68.7 Å². The number of aliphatic hydroxyl groups excluding tert-OH is 2. The van der Waals surface area contributed by atoms with Crippen LogP contribution in [0, 0.1) is 11.8 Å². The van der Waals surface area contributed by atoms with Gasteiger partial charge in [0, 0.05) is 30.9 Å². The summed E-state index contributed by atoms with van der Waals surface area (Å²) in [6.45, 7) is 5.46. The molecule has 0 unspecified atom stereocenters. The number of aromatic nitrogens is 2. The molecule has 2 rings (SSSR count). The summed E-state index contributed by atoms with van der Waals surface area (Å²) < 4.78 is 0. The van der Waals surface area contributed by atoms with E-state index in [1.807, 2.05) is 6.92 Å². The van der Waals surface area contributed by atoms with Crippen molar-refractivity contribution in [2.24, 2.45) is 34.8 Å². The summed E-state index contributed by atoms with van der Waals surface area (Å²) in [6.07, 6.45) is 6.41. The molecule has 0 radical (unpaired) electrons. The predicted molar refractivity (Wildman–Crippen MR) is 309 cm³/mol. The molecule has 0 bridgehead atoms. The Bertz CT molecular complexity index is 2410. The number of hydrogen-bond donors (Lipinski definition) is 18. The Morgan fingerprint density at radius 1 is 0.581 bits per heavy atom. The molecule has 9 atom stereocenters. The normalized spacial score (nSPS) is 15.7. The summed E-state index contributed by atoms with van der Waals surface area (Å²) in [7, 11) is 0. The number of aliphatic hydroxyl groups is 2. The van der Waals surface area contributed by atoms with Gasteiger partial charge in [-0.2, -0.15) is 0 Å². The first kappa shape index (κ1) is 74.2. The van der Waals surface area contributed by atoms with Crippen molar-refractivity contribution in [3.63, 3.8) is 0 Å². The Morgan fingerprint density at radius 2 is 1.07 bits per heavy atom. The summed E-state index contributed by atoms with van der Waals surface area (Å²) in [5, 5.41) is 46.5. The van der Waals surface area contributed by atoms with Crippen LogP contribution in [-0.4, -0.2) is 215 Å². The fraction of sp³-hybridized carbons (Fsp3) is 0.698. The minimum Gasteiger partial charge on any atom is -0.394 e. The monoisotopic (exact) mass is 1220 g/mol. The minimum absolute atomic E-state index is 0.00893. The van der Waals surface area contributed by atoms with Crippen LogP contribution in [0.25, 0.3) is 0 Å². The number of carbonyl (C=O) groups excluding carboxylic acids is 13. The van der Waals surface area contributed by atoms with Gasteiger partial charge in [-0.15, -0.1) is 0 Å². The summed E-state index contributed by atoms with van der Waals surface area (Å²) >= 11 is 0. The SMILES string of the molecule is CC(C)C[C@H](NC(=O)[C@@H]1CCCN1C(=O)[C@H](CC(C)C)NC(=O)CNC(=O)[C@H](CC(N)=O)NC(=O)[C@H](CO)NC(=O)[C@@H](N)Cc1cnc[nH]1)C(=O)NCC(=O)NCC(=O)NCC(=O)N[C@@H](CO)C(=O)N[C@@H](CCCCN)C(=O)N[C@H](C)CCCCN. The molecule has 0 spiro atoms. The molecule has 1 aliphatic heterocycles. The minimum atomic E-state index is -1.67. The fourth-order valence-electron chi connectivity index (χ4n) is 8.84. The van der Waals surface area contributed by atoms with Gasteiger partial charge >= 0.3 is 0 Å². The molecule has 484 valence electrons. The Morgan fingerprint density at radius 3 is 1.62 bits per heavy atom. The molecule has 0 aliphatic carbocycles. The van der Waals surface area contributed by atoms with Crippen molar-refractivity contribution in [1.29, 1.82) is 0 Å². The van der Waals surface area contributed by atoms with Crippen LogP contribution >= 0.6 is 0 Å². The third kappa shape index (κ3) is 28.3. The average molecular weight is 1220 g/mol. The molecule has 1 aliphatic rings. The summed E-state index contributed by atoms with van der Waals surface area (Å²) in [5.74, 6) is -11.1. The number of hydrogen-bond acceptors (Lipinski definition) is 19. The van der Waals surface area contributed by atoms with Crippen LogP contribution in [0.2, 0.25) is 0 Å². The first-order valence-corrected chi connectivity index (χ1v) is 28.9. The molecule has 1 aromatic rings. The molecule has 0 aromatic carbocycles. The largest absolute Gasteiger partial charge is 0.394 e. The van der Waals surface area contributed by atoms with Crippen molar-refractivity contribution >= 4 is 76.8 Å². The van der Waals surface area contributed by atoms with Crippen LogP contribution < -0.4 is 81.4 Å². The van der Waals surface area contributed by atoms with Crippen LogP contribution in [0.5, 0.6) is 0 Å². The molecule has 1 aromatic heterocycles. The topological polar surface area (TPSA) is 531 Å². The molecule has 0 saturated carbocycles. The van der Waals surface area contributed by atoms with E-state index in [-0.39, 0.29) is 56.5 Å². The molecule has 13 amide bonds. The Hall–Kier alpha value is -7.88. The maximum absolute atomic E-state index is 14.2. The number of amides is 13. The zero-order valence-corrected chi connectivity index (χ0v) is 49.8. The number of primary amides is 1. The summed E-state index contributed by atoms with van der Waals surface area (Å²) in [4.78, 5) is 178. The van der Waals surface area contributed by atoms with Gasteiger partial charge in [-0.25, -0.2) is 4.98 Å². The Labute approximate surface area is 499 Å². The van der Waals surface area contributed by atoms with Gasteiger partial charge in [0.2, 0.25) is 76.8 Å². The van der Waals surface area contributed by atoms with Crippen molar-refractivity contribution in [2.45, 2.75) is 166 Å². The van der Waals surface area contributed by atoms with Crippen LogP contribution in [0.15, 0.2) is 12.5 Å². The van der Waals surface area contributed by atoms with Crippen LogP contribution in [0.1, 0.15) is 111 Å². The third-order valence-electron chi connectivity index (χ3n) is 13.3. The van der Waals surface area contributed by atoms with Gasteiger partial charge in [0.1, 0.15) is 42.3 Å². The average Bonchev–Trinajstić information content (AvgIpc) is 4.30. The number of unbranched alkanes of at least 4 members (excludes halogenated alkanes) is 2. The first-order chi connectivity index (χ1) is 40.7. The predicted octanol–water partition coefficient (Wildman–Crippen LogP) is -7.64. The maximum atomic E-state index is 14.2. The van der Waals surface area contributed by atoms with E-state index < -0.39 is 171 Å². The molecule has 86 heavy (non-hydrogen) atoms. The molecule has 2 heterocycles. The number of carbonyl (C=O) groups is 13. The first-order valence-electron chi connectivity index (χ1n) is 28.9. The van der Waals surface area contributed by atoms with E-state index in [2.05, 4.69) is 68.5 Å². The zero-order chi connectivity index (χ0) is 64.5. The molecule has 1 saturated heterocycles. The summed E-state index contributed by atoms with van der Waals surface area (Å²) in [5.41, 5.74) is 22.9. The second kappa shape index (κ2) is 39.7. The molecular formula is C53H92N18O15. The molecule has 33 nitrogen and oxygen atoms in total. The van der Waals surface area contributed by atoms with E-state index in [4.69, 9.17) is 22.9 Å². The number of nitrogens with one attached hydrogen (secondary N) is 12. The number of imidazole rings is 1. The van der Waals surface area contributed by atoms with E-state index in [9.17, 15) is 72.5 Å². The molecule has 1 fully saturated rings. The number of nitrogens with two attached hydrogens (primary N) is 4. The van der Waals surface area contributed by atoms with Gasteiger partial charge in [-0.1, -0.05) is 34.1 Å². The lowest BCUT2D eigenvalue weighted by Gasteiger charge is -2.30. The lowest BCUT2D eigenvalue weighted by molar-refractivity contribution is -0.142. The van der Waals surface area contributed by atoms with E-state index in [1.54, 1.807) is 27.7 Å². The second-order valence-corrected chi connectivity index (χ2v) is 21.8. The van der Waals surface area contributed by atoms with Gasteiger partial charge in [-0.05, 0) is 89.6 Å². The molecule has 22 N–H and O–H groups in total. The Kier molecular flexibility index (Phi) is 34.2. The van der Waals surface area contributed by atoms with Gasteiger partial charge < -0.3 is 102 Å². The highest BCUT2D eigenvalue weighted by atomic mass is 16.3. The second-order valence-electron chi connectivity index (χ2n) is 21.8. The van der Waals surface area contributed by atoms with E-state index >= 15 is 0 Å². The number of nitrogens with zero attached hydrogens (tertiary/aromatic N) is 2. The van der Waals surface area contributed by atoms with Crippen LogP contribution in [0.4, 0.5) is 0 Å². The fourth-order valence-corrected chi connectivity index (χ4v) is 8.84. The zero-order valence-electron chi connectivity index (χ0n) is 49.8. The lowest BCUT2D eigenvalue weighted by Crippen LogP contribution is -2.59. The smallest absolute Gasteiger partial charge is 0.245 e. The highest BCUT2D eigenvalue weighted by Crippen LogP contribution is 2.21. The number of likely N-dealkylation sites (tertiary alicyclic amines) is 1. The highest BCUT2D eigenvalue weighted by Gasteiger charge is 2.40. The Balaban J connectivity index is 1.97. The van der Waals surface area contributed by atoms with Gasteiger partial charge in [-0.3, -0.25) is 62.3 Å².